The second-order valence-corrected chi connectivity index (χ2v) is 5.35. The predicted molar refractivity (Wildman–Crippen MR) is 83.5 cm³/mol. The summed E-state index contributed by atoms with van der Waals surface area (Å²) in [4.78, 5) is 21.2. The molecule has 0 aliphatic rings. The van der Waals surface area contributed by atoms with E-state index in [9.17, 15) is 4.79 Å². The molecule has 0 bridgehead atoms. The van der Waals surface area contributed by atoms with Crippen LogP contribution < -0.4 is 0 Å². The van der Waals surface area contributed by atoms with E-state index in [1.54, 1.807) is 6.20 Å². The van der Waals surface area contributed by atoms with Gasteiger partial charge in [-0.2, -0.15) is 0 Å². The molecule has 3 heteroatoms. The van der Waals surface area contributed by atoms with Gasteiger partial charge < -0.3 is 0 Å². The number of rotatable bonds is 3. The van der Waals surface area contributed by atoms with Gasteiger partial charge in [-0.15, -0.1) is 0 Å². The Labute approximate surface area is 123 Å². The standard InChI is InChI=1S/C18H16N2O/c1-12(2)13-7-9-14(10-8-13)18(21)17-11-19-15-5-3-4-6-16(15)20-17/h3-12H,1-2H3. The number of carbonyl (C=O) groups is 1. The maximum absolute atomic E-state index is 12.5. The Morgan fingerprint density at radius 2 is 1.62 bits per heavy atom. The molecule has 0 fully saturated rings. The van der Waals surface area contributed by atoms with Crippen LogP contribution in [0.3, 0.4) is 0 Å². The van der Waals surface area contributed by atoms with Crippen molar-refractivity contribution >= 4 is 16.8 Å². The van der Waals surface area contributed by atoms with Crippen molar-refractivity contribution in [2.45, 2.75) is 19.8 Å². The smallest absolute Gasteiger partial charge is 0.212 e. The van der Waals surface area contributed by atoms with Crippen LogP contribution >= 0.6 is 0 Å². The number of benzene rings is 2. The zero-order chi connectivity index (χ0) is 14.8. The van der Waals surface area contributed by atoms with Crippen molar-refractivity contribution in [3.8, 4) is 0 Å². The first-order valence-electron chi connectivity index (χ1n) is 7.01. The van der Waals surface area contributed by atoms with Crippen LogP contribution in [0.25, 0.3) is 11.0 Å². The van der Waals surface area contributed by atoms with E-state index in [0.717, 1.165) is 11.0 Å². The Morgan fingerprint density at radius 1 is 0.952 bits per heavy atom. The highest BCUT2D eigenvalue weighted by Crippen LogP contribution is 2.17. The first-order valence-corrected chi connectivity index (χ1v) is 7.01. The molecule has 0 radical (unpaired) electrons. The summed E-state index contributed by atoms with van der Waals surface area (Å²) < 4.78 is 0. The number of nitrogens with zero attached hydrogens (tertiary/aromatic N) is 2. The summed E-state index contributed by atoms with van der Waals surface area (Å²) in [6.45, 7) is 4.26. The Bertz CT molecular complexity index is 792. The molecule has 3 rings (SSSR count). The topological polar surface area (TPSA) is 42.9 Å². The third-order valence-electron chi connectivity index (χ3n) is 3.52. The lowest BCUT2D eigenvalue weighted by Crippen LogP contribution is -2.05. The minimum atomic E-state index is -0.0939. The Kier molecular flexibility index (Phi) is 3.48. The van der Waals surface area contributed by atoms with Gasteiger partial charge in [-0.3, -0.25) is 9.78 Å². The summed E-state index contributed by atoms with van der Waals surface area (Å²) in [6.07, 6.45) is 1.54. The van der Waals surface area contributed by atoms with Gasteiger partial charge in [-0.25, -0.2) is 4.98 Å². The number of hydrogen-bond acceptors (Lipinski definition) is 3. The molecule has 0 unspecified atom stereocenters. The minimum Gasteiger partial charge on any atom is -0.287 e. The Hall–Kier alpha value is -2.55. The average molecular weight is 276 g/mol. The molecule has 104 valence electrons. The molecule has 2 aromatic carbocycles. The summed E-state index contributed by atoms with van der Waals surface area (Å²) in [7, 11) is 0. The maximum atomic E-state index is 12.5. The average Bonchev–Trinajstić information content (AvgIpc) is 2.54. The highest BCUT2D eigenvalue weighted by molar-refractivity contribution is 6.08. The van der Waals surface area contributed by atoms with E-state index >= 15 is 0 Å². The number of hydrogen-bond donors (Lipinski definition) is 0. The lowest BCUT2D eigenvalue weighted by Gasteiger charge is -2.06. The van der Waals surface area contributed by atoms with Gasteiger partial charge in [-0.05, 0) is 23.6 Å². The Morgan fingerprint density at radius 3 is 2.29 bits per heavy atom. The van der Waals surface area contributed by atoms with Gasteiger partial charge in [0.1, 0.15) is 5.69 Å². The van der Waals surface area contributed by atoms with Crippen LogP contribution in [0, 0.1) is 0 Å². The quantitative estimate of drug-likeness (QED) is 0.679. The molecule has 1 aromatic heterocycles. The van der Waals surface area contributed by atoms with Gasteiger partial charge in [0.25, 0.3) is 0 Å². The fraction of sp³-hybridized carbons (Fsp3) is 0.167. The van der Waals surface area contributed by atoms with Gasteiger partial charge >= 0.3 is 0 Å². The SMILES string of the molecule is CC(C)c1ccc(C(=O)c2cnc3ccccc3n2)cc1. The second-order valence-electron chi connectivity index (χ2n) is 5.35. The Balaban J connectivity index is 1.95. The molecule has 0 saturated heterocycles. The molecule has 21 heavy (non-hydrogen) atoms. The lowest BCUT2D eigenvalue weighted by molar-refractivity contribution is 0.103. The van der Waals surface area contributed by atoms with Crippen molar-refractivity contribution in [1.29, 1.82) is 0 Å². The van der Waals surface area contributed by atoms with Crippen LogP contribution in [0.4, 0.5) is 0 Å². The molecule has 0 amide bonds. The molecule has 3 aromatic rings. The van der Waals surface area contributed by atoms with Crippen molar-refractivity contribution < 1.29 is 4.79 Å². The van der Waals surface area contributed by atoms with Crippen LogP contribution in [0.5, 0.6) is 0 Å². The summed E-state index contributed by atoms with van der Waals surface area (Å²) in [5, 5.41) is 0. The van der Waals surface area contributed by atoms with Gasteiger partial charge in [0.2, 0.25) is 5.78 Å². The van der Waals surface area contributed by atoms with Crippen molar-refractivity contribution in [3.05, 3.63) is 71.5 Å². The first kappa shape index (κ1) is 13.4. The van der Waals surface area contributed by atoms with E-state index in [2.05, 4.69) is 23.8 Å². The number of fused-ring (bicyclic) bond motifs is 1. The molecule has 3 nitrogen and oxygen atoms in total. The van der Waals surface area contributed by atoms with E-state index in [-0.39, 0.29) is 5.78 Å². The van der Waals surface area contributed by atoms with E-state index in [1.807, 2.05) is 48.5 Å². The summed E-state index contributed by atoms with van der Waals surface area (Å²) in [5.74, 6) is 0.359. The van der Waals surface area contributed by atoms with Gasteiger partial charge in [0.05, 0.1) is 17.2 Å². The number of aromatic nitrogens is 2. The van der Waals surface area contributed by atoms with Gasteiger partial charge in [0, 0.05) is 5.56 Å². The van der Waals surface area contributed by atoms with Crippen molar-refractivity contribution in [2.75, 3.05) is 0 Å². The fourth-order valence-electron chi connectivity index (χ4n) is 2.23. The molecule has 0 atom stereocenters. The molecule has 1 heterocycles. The fourth-order valence-corrected chi connectivity index (χ4v) is 2.23. The summed E-state index contributed by atoms with van der Waals surface area (Å²) in [6, 6.07) is 15.2. The minimum absolute atomic E-state index is 0.0939. The molecule has 0 N–H and O–H groups in total. The van der Waals surface area contributed by atoms with Crippen LogP contribution in [-0.4, -0.2) is 15.8 Å². The normalized spacial score (nSPS) is 11.0. The molecule has 0 aliphatic carbocycles. The molecule has 0 aliphatic heterocycles. The first-order chi connectivity index (χ1) is 10.1. The van der Waals surface area contributed by atoms with Crippen molar-refractivity contribution in [3.63, 3.8) is 0 Å². The van der Waals surface area contributed by atoms with Crippen molar-refractivity contribution in [2.24, 2.45) is 0 Å². The molecule has 0 saturated carbocycles. The van der Waals surface area contributed by atoms with E-state index < -0.39 is 0 Å². The van der Waals surface area contributed by atoms with Crippen LogP contribution in [0.15, 0.2) is 54.7 Å². The van der Waals surface area contributed by atoms with E-state index in [1.165, 1.54) is 5.56 Å². The monoisotopic (exact) mass is 276 g/mol. The molecular weight excluding hydrogens is 260 g/mol. The highest BCUT2D eigenvalue weighted by Gasteiger charge is 2.12. The van der Waals surface area contributed by atoms with Crippen molar-refractivity contribution in [1.82, 2.24) is 9.97 Å². The summed E-state index contributed by atoms with van der Waals surface area (Å²) in [5.41, 5.74) is 3.78. The van der Waals surface area contributed by atoms with E-state index in [0.29, 0.717) is 17.2 Å². The van der Waals surface area contributed by atoms with E-state index in [4.69, 9.17) is 0 Å². The zero-order valence-electron chi connectivity index (χ0n) is 12.1. The molecule has 0 spiro atoms. The third-order valence-corrected chi connectivity index (χ3v) is 3.52. The van der Waals surface area contributed by atoms with Gasteiger partial charge in [0.15, 0.2) is 0 Å². The van der Waals surface area contributed by atoms with Crippen LogP contribution in [0.1, 0.15) is 41.4 Å². The highest BCUT2D eigenvalue weighted by atomic mass is 16.1. The van der Waals surface area contributed by atoms with Gasteiger partial charge in [-0.1, -0.05) is 50.2 Å². The third kappa shape index (κ3) is 2.68. The number of carbonyl (C=O) groups excluding carboxylic acids is 1. The van der Waals surface area contributed by atoms with Crippen LogP contribution in [-0.2, 0) is 0 Å². The lowest BCUT2D eigenvalue weighted by atomic mass is 10.00. The molecular formula is C18H16N2O. The number of ketones is 1. The largest absolute Gasteiger partial charge is 0.287 e. The zero-order valence-corrected chi connectivity index (χ0v) is 12.1. The van der Waals surface area contributed by atoms with Crippen LogP contribution in [0.2, 0.25) is 0 Å². The summed E-state index contributed by atoms with van der Waals surface area (Å²) >= 11 is 0. The number of para-hydroxylation sites is 2. The maximum Gasteiger partial charge on any atom is 0.212 e. The predicted octanol–water partition coefficient (Wildman–Crippen LogP) is 3.98. The second kappa shape index (κ2) is 5.44.